The van der Waals surface area contributed by atoms with Crippen molar-refractivity contribution < 1.29 is 9.69 Å². The van der Waals surface area contributed by atoms with Gasteiger partial charge in [0.05, 0.1) is 43.0 Å². The molecule has 1 aromatic rings. The van der Waals surface area contributed by atoms with Gasteiger partial charge in [0.1, 0.15) is 5.54 Å². The van der Waals surface area contributed by atoms with Gasteiger partial charge in [-0.3, -0.25) is 4.79 Å². The van der Waals surface area contributed by atoms with Crippen LogP contribution in [0.4, 0.5) is 5.69 Å². The van der Waals surface area contributed by atoms with Crippen molar-refractivity contribution >= 4 is 23.2 Å². The number of amides is 1. The smallest absolute Gasteiger partial charge is 0.278 e. The lowest BCUT2D eigenvalue weighted by Gasteiger charge is -2.40. The summed E-state index contributed by atoms with van der Waals surface area (Å²) in [6, 6.07) is 10.4. The molecular formula is C20H28ClN4O+. The van der Waals surface area contributed by atoms with E-state index in [1.54, 1.807) is 4.90 Å². The van der Waals surface area contributed by atoms with Crippen LogP contribution >= 0.6 is 11.6 Å². The van der Waals surface area contributed by atoms with Crippen LogP contribution in [-0.2, 0) is 4.79 Å². The Morgan fingerprint density at radius 3 is 2.54 bits per heavy atom. The molecule has 0 bridgehead atoms. The van der Waals surface area contributed by atoms with Crippen molar-refractivity contribution in [2.75, 3.05) is 44.7 Å². The average Bonchev–Trinajstić information content (AvgIpc) is 2.69. The molecule has 5 nitrogen and oxygen atoms in total. The van der Waals surface area contributed by atoms with Crippen LogP contribution in [0.15, 0.2) is 24.3 Å². The van der Waals surface area contributed by atoms with E-state index in [0.717, 1.165) is 62.6 Å². The number of piperazine rings is 1. The Balaban J connectivity index is 1.55. The molecule has 0 atom stereocenters. The highest BCUT2D eigenvalue weighted by Gasteiger charge is 2.40. The Morgan fingerprint density at radius 1 is 1.27 bits per heavy atom. The van der Waals surface area contributed by atoms with E-state index >= 15 is 0 Å². The largest absolute Gasteiger partial charge is 0.359 e. The minimum Gasteiger partial charge on any atom is -0.359 e. The van der Waals surface area contributed by atoms with Crippen molar-refractivity contribution in [1.29, 1.82) is 5.26 Å². The minimum absolute atomic E-state index is 0.0923. The summed E-state index contributed by atoms with van der Waals surface area (Å²) >= 11 is 6.30. The number of hydrogen-bond donors (Lipinski definition) is 1. The molecule has 2 aliphatic rings. The lowest BCUT2D eigenvalue weighted by atomic mass is 9.81. The van der Waals surface area contributed by atoms with Gasteiger partial charge in [0.15, 0.2) is 6.54 Å². The highest BCUT2D eigenvalue weighted by atomic mass is 35.5. The Labute approximate surface area is 161 Å². The molecule has 3 rings (SSSR count). The van der Waals surface area contributed by atoms with Gasteiger partial charge < -0.3 is 14.7 Å². The maximum atomic E-state index is 12.8. The standard InChI is InChI=1S/C20H27ClN4O/c1-23(20(16-22)9-5-2-6-10-20)19(26)15-24-11-13-25(14-12-24)18-8-4-3-7-17(18)21/h3-4,7-8H,2,5-6,9-15H2,1H3/p+1. The number of hydrogen-bond acceptors (Lipinski definition) is 3. The Bertz CT molecular complexity index is 673. The topological polar surface area (TPSA) is 51.8 Å². The van der Waals surface area contributed by atoms with Crippen molar-refractivity contribution in [3.63, 3.8) is 0 Å². The van der Waals surface area contributed by atoms with Gasteiger partial charge >= 0.3 is 0 Å². The fraction of sp³-hybridized carbons (Fsp3) is 0.600. The predicted molar refractivity (Wildman–Crippen MR) is 103 cm³/mol. The number of para-hydroxylation sites is 1. The second-order valence-electron chi connectivity index (χ2n) is 7.52. The first-order valence-electron chi connectivity index (χ1n) is 9.57. The second-order valence-corrected chi connectivity index (χ2v) is 7.93. The van der Waals surface area contributed by atoms with Gasteiger partial charge in [0.2, 0.25) is 0 Å². The van der Waals surface area contributed by atoms with Gasteiger partial charge in [-0.15, -0.1) is 0 Å². The summed E-state index contributed by atoms with van der Waals surface area (Å²) < 4.78 is 0. The monoisotopic (exact) mass is 375 g/mol. The van der Waals surface area contributed by atoms with Crippen molar-refractivity contribution in [2.45, 2.75) is 37.6 Å². The maximum Gasteiger partial charge on any atom is 0.278 e. The van der Waals surface area contributed by atoms with Crippen LogP contribution in [0.3, 0.4) is 0 Å². The summed E-state index contributed by atoms with van der Waals surface area (Å²) in [5.74, 6) is 0.0923. The van der Waals surface area contributed by atoms with Crippen LogP contribution in [0.1, 0.15) is 32.1 Å². The number of carbonyl (C=O) groups is 1. The van der Waals surface area contributed by atoms with Crippen molar-refractivity contribution in [3.8, 4) is 6.07 Å². The van der Waals surface area contributed by atoms with Crippen LogP contribution in [0.25, 0.3) is 0 Å². The Hall–Kier alpha value is -1.77. The van der Waals surface area contributed by atoms with Crippen molar-refractivity contribution in [3.05, 3.63) is 29.3 Å². The normalized spacial score (nSPS) is 20.4. The lowest BCUT2D eigenvalue weighted by molar-refractivity contribution is -0.892. The molecule has 26 heavy (non-hydrogen) atoms. The van der Waals surface area contributed by atoms with E-state index in [9.17, 15) is 10.1 Å². The quantitative estimate of drug-likeness (QED) is 0.872. The van der Waals surface area contributed by atoms with Crippen LogP contribution in [0, 0.1) is 11.3 Å². The molecule has 0 aromatic heterocycles. The van der Waals surface area contributed by atoms with Gasteiger partial charge in [0, 0.05) is 7.05 Å². The number of nitrogens with one attached hydrogen (secondary N) is 1. The summed E-state index contributed by atoms with van der Waals surface area (Å²) in [6.07, 6.45) is 4.85. The van der Waals surface area contributed by atoms with Gasteiger partial charge in [-0.2, -0.15) is 5.26 Å². The third-order valence-electron chi connectivity index (χ3n) is 5.97. The number of carbonyl (C=O) groups excluding carboxylic acids is 1. The third kappa shape index (κ3) is 3.97. The van der Waals surface area contributed by atoms with Crippen molar-refractivity contribution in [1.82, 2.24) is 4.90 Å². The molecule has 140 valence electrons. The highest BCUT2D eigenvalue weighted by Crippen LogP contribution is 2.32. The van der Waals surface area contributed by atoms with Gasteiger partial charge in [-0.1, -0.05) is 43.0 Å². The molecule has 1 aliphatic carbocycles. The van der Waals surface area contributed by atoms with Gasteiger partial charge in [-0.05, 0) is 25.0 Å². The number of rotatable bonds is 4. The van der Waals surface area contributed by atoms with E-state index in [1.807, 2.05) is 31.3 Å². The number of quaternary nitrogens is 1. The Kier molecular flexibility index (Phi) is 6.05. The molecular weight excluding hydrogens is 348 g/mol. The molecule has 1 heterocycles. The molecule has 0 spiro atoms. The molecule has 2 fully saturated rings. The predicted octanol–water partition coefficient (Wildman–Crippen LogP) is 1.73. The zero-order chi connectivity index (χ0) is 18.6. The SMILES string of the molecule is CN(C(=O)C[NH+]1CCN(c2ccccc2Cl)CC1)C1(C#N)CCCCC1. The van der Waals surface area contributed by atoms with Crippen molar-refractivity contribution in [2.24, 2.45) is 0 Å². The van der Waals surface area contributed by atoms with E-state index in [1.165, 1.54) is 11.3 Å². The van der Waals surface area contributed by atoms with Crippen LogP contribution in [-0.4, -0.2) is 56.1 Å². The molecule has 6 heteroatoms. The van der Waals surface area contributed by atoms with E-state index in [2.05, 4.69) is 11.0 Å². The molecule has 1 saturated heterocycles. The first-order valence-corrected chi connectivity index (χ1v) is 9.94. The number of likely N-dealkylation sites (N-methyl/N-ethyl adjacent to an activating group) is 1. The zero-order valence-electron chi connectivity index (χ0n) is 15.5. The number of halogens is 1. The first-order chi connectivity index (χ1) is 12.6. The number of benzene rings is 1. The summed E-state index contributed by atoms with van der Waals surface area (Å²) in [7, 11) is 1.82. The van der Waals surface area contributed by atoms with Crippen LogP contribution in [0.2, 0.25) is 5.02 Å². The fourth-order valence-corrected chi connectivity index (χ4v) is 4.43. The van der Waals surface area contributed by atoms with E-state index < -0.39 is 5.54 Å². The molecule has 1 aliphatic heterocycles. The van der Waals surface area contributed by atoms with Gasteiger partial charge in [0.25, 0.3) is 5.91 Å². The lowest BCUT2D eigenvalue weighted by Crippen LogP contribution is -3.16. The second kappa shape index (κ2) is 8.28. The molecule has 0 radical (unpaired) electrons. The van der Waals surface area contributed by atoms with E-state index in [4.69, 9.17) is 11.6 Å². The van der Waals surface area contributed by atoms with E-state index in [0.29, 0.717) is 6.54 Å². The molecule has 0 unspecified atom stereocenters. The Morgan fingerprint density at radius 2 is 1.92 bits per heavy atom. The fourth-order valence-electron chi connectivity index (χ4n) is 4.18. The molecule has 1 aromatic carbocycles. The summed E-state index contributed by atoms with van der Waals surface area (Å²) in [4.78, 5) is 18.1. The van der Waals surface area contributed by atoms with Crippen LogP contribution < -0.4 is 9.80 Å². The van der Waals surface area contributed by atoms with E-state index in [-0.39, 0.29) is 5.91 Å². The minimum atomic E-state index is -0.589. The number of anilines is 1. The molecule has 1 saturated carbocycles. The maximum absolute atomic E-state index is 12.8. The highest BCUT2D eigenvalue weighted by molar-refractivity contribution is 6.33. The van der Waals surface area contributed by atoms with Gasteiger partial charge in [-0.25, -0.2) is 0 Å². The molecule has 1 N–H and O–H groups in total. The average molecular weight is 376 g/mol. The summed E-state index contributed by atoms with van der Waals surface area (Å²) in [6.45, 7) is 4.06. The number of nitriles is 1. The molecule has 1 amide bonds. The zero-order valence-corrected chi connectivity index (χ0v) is 16.3. The summed E-state index contributed by atoms with van der Waals surface area (Å²) in [5.41, 5.74) is 0.482. The number of nitrogens with zero attached hydrogens (tertiary/aromatic N) is 3. The van der Waals surface area contributed by atoms with Crippen LogP contribution in [0.5, 0.6) is 0 Å². The first kappa shape index (κ1) is 19.0. The third-order valence-corrected chi connectivity index (χ3v) is 6.29. The summed E-state index contributed by atoms with van der Waals surface area (Å²) in [5, 5.41) is 10.5.